The first kappa shape index (κ1) is 13.3. The number of nitrogens with zero attached hydrogens (tertiary/aromatic N) is 4. The molecule has 1 aliphatic rings. The zero-order valence-corrected chi connectivity index (χ0v) is 11.8. The second kappa shape index (κ2) is 6.14. The standard InChI is InChI=1S/C14H24N4/c1-4-12(2)11-17-7-9-18(10-8-17)14-5-6-15-13(3)16-14/h5-6,12H,4,7-11H2,1-3H3. The molecule has 1 fully saturated rings. The van der Waals surface area contributed by atoms with Crippen LogP contribution in [0.1, 0.15) is 26.1 Å². The Kier molecular flexibility index (Phi) is 4.53. The molecule has 0 aliphatic carbocycles. The van der Waals surface area contributed by atoms with Gasteiger partial charge >= 0.3 is 0 Å². The molecule has 2 heterocycles. The van der Waals surface area contributed by atoms with Crippen LogP contribution in [0.25, 0.3) is 0 Å². The van der Waals surface area contributed by atoms with Crippen molar-refractivity contribution < 1.29 is 0 Å². The van der Waals surface area contributed by atoms with Gasteiger partial charge in [0, 0.05) is 38.9 Å². The van der Waals surface area contributed by atoms with E-state index in [2.05, 4.69) is 33.6 Å². The third-order valence-electron chi connectivity index (χ3n) is 3.72. The Morgan fingerprint density at radius 2 is 2.00 bits per heavy atom. The molecular weight excluding hydrogens is 224 g/mol. The van der Waals surface area contributed by atoms with Gasteiger partial charge in [0.2, 0.25) is 0 Å². The minimum Gasteiger partial charge on any atom is -0.354 e. The van der Waals surface area contributed by atoms with Crippen molar-refractivity contribution >= 4 is 5.82 Å². The maximum Gasteiger partial charge on any atom is 0.132 e. The van der Waals surface area contributed by atoms with Crippen LogP contribution in [-0.2, 0) is 0 Å². The van der Waals surface area contributed by atoms with Crippen LogP contribution in [0.4, 0.5) is 5.82 Å². The van der Waals surface area contributed by atoms with E-state index < -0.39 is 0 Å². The summed E-state index contributed by atoms with van der Waals surface area (Å²) in [6.45, 7) is 12.2. The van der Waals surface area contributed by atoms with Crippen molar-refractivity contribution in [1.29, 1.82) is 0 Å². The lowest BCUT2D eigenvalue weighted by Crippen LogP contribution is -2.47. The van der Waals surface area contributed by atoms with Gasteiger partial charge in [-0.15, -0.1) is 0 Å². The van der Waals surface area contributed by atoms with E-state index >= 15 is 0 Å². The Bertz CT molecular complexity index is 372. The van der Waals surface area contributed by atoms with Crippen molar-refractivity contribution in [3.63, 3.8) is 0 Å². The van der Waals surface area contributed by atoms with Crippen LogP contribution >= 0.6 is 0 Å². The molecule has 1 saturated heterocycles. The summed E-state index contributed by atoms with van der Waals surface area (Å²) >= 11 is 0. The number of anilines is 1. The fourth-order valence-corrected chi connectivity index (χ4v) is 2.35. The normalized spacial score (nSPS) is 18.9. The molecule has 100 valence electrons. The smallest absolute Gasteiger partial charge is 0.132 e. The molecule has 0 amide bonds. The monoisotopic (exact) mass is 248 g/mol. The third-order valence-corrected chi connectivity index (χ3v) is 3.72. The zero-order chi connectivity index (χ0) is 13.0. The zero-order valence-electron chi connectivity index (χ0n) is 11.8. The predicted octanol–water partition coefficient (Wildman–Crippen LogP) is 1.95. The van der Waals surface area contributed by atoms with Gasteiger partial charge in [-0.25, -0.2) is 9.97 Å². The lowest BCUT2D eigenvalue weighted by Gasteiger charge is -2.36. The van der Waals surface area contributed by atoms with Gasteiger partial charge in [0.15, 0.2) is 0 Å². The van der Waals surface area contributed by atoms with E-state index in [1.807, 2.05) is 19.2 Å². The average Bonchev–Trinajstić information content (AvgIpc) is 2.39. The molecule has 1 atom stereocenters. The summed E-state index contributed by atoms with van der Waals surface area (Å²) in [6.07, 6.45) is 3.12. The Labute approximate surface area is 110 Å². The number of piperazine rings is 1. The third kappa shape index (κ3) is 3.42. The van der Waals surface area contributed by atoms with Crippen LogP contribution in [0.5, 0.6) is 0 Å². The molecule has 18 heavy (non-hydrogen) atoms. The van der Waals surface area contributed by atoms with E-state index in [0.29, 0.717) is 0 Å². The molecule has 2 rings (SSSR count). The molecule has 0 N–H and O–H groups in total. The molecule has 0 bridgehead atoms. The summed E-state index contributed by atoms with van der Waals surface area (Å²) in [5.41, 5.74) is 0. The summed E-state index contributed by atoms with van der Waals surface area (Å²) in [7, 11) is 0. The molecule has 4 heteroatoms. The second-order valence-corrected chi connectivity index (χ2v) is 5.26. The van der Waals surface area contributed by atoms with Crippen molar-refractivity contribution in [2.24, 2.45) is 5.92 Å². The van der Waals surface area contributed by atoms with Crippen LogP contribution in [0.2, 0.25) is 0 Å². The molecule has 0 saturated carbocycles. The summed E-state index contributed by atoms with van der Waals surface area (Å²) in [4.78, 5) is 13.6. The maximum atomic E-state index is 4.50. The highest BCUT2D eigenvalue weighted by Crippen LogP contribution is 2.14. The van der Waals surface area contributed by atoms with Crippen LogP contribution in [0, 0.1) is 12.8 Å². The summed E-state index contributed by atoms with van der Waals surface area (Å²) in [5, 5.41) is 0. The first-order chi connectivity index (χ1) is 8.69. The van der Waals surface area contributed by atoms with Gasteiger partial charge in [-0.05, 0) is 18.9 Å². The number of aromatic nitrogens is 2. The number of aryl methyl sites for hydroxylation is 1. The van der Waals surface area contributed by atoms with Crippen LogP contribution in [0.3, 0.4) is 0 Å². The Hall–Kier alpha value is -1.16. The fraction of sp³-hybridized carbons (Fsp3) is 0.714. The van der Waals surface area contributed by atoms with Gasteiger partial charge < -0.3 is 4.90 Å². The summed E-state index contributed by atoms with van der Waals surface area (Å²) < 4.78 is 0. The molecule has 1 unspecified atom stereocenters. The van der Waals surface area contributed by atoms with E-state index in [1.54, 1.807) is 0 Å². The number of hydrogen-bond donors (Lipinski definition) is 0. The Morgan fingerprint density at radius 3 is 2.61 bits per heavy atom. The van der Waals surface area contributed by atoms with Crippen LogP contribution in [-0.4, -0.2) is 47.6 Å². The fourth-order valence-electron chi connectivity index (χ4n) is 2.35. The second-order valence-electron chi connectivity index (χ2n) is 5.26. The molecule has 0 aromatic carbocycles. The molecule has 1 aliphatic heterocycles. The highest BCUT2D eigenvalue weighted by Gasteiger charge is 2.18. The van der Waals surface area contributed by atoms with Crippen molar-refractivity contribution in [2.45, 2.75) is 27.2 Å². The maximum absolute atomic E-state index is 4.50. The van der Waals surface area contributed by atoms with Crippen molar-refractivity contribution in [2.75, 3.05) is 37.6 Å². The van der Waals surface area contributed by atoms with Gasteiger partial charge in [0.05, 0.1) is 0 Å². The molecule has 1 aromatic heterocycles. The SMILES string of the molecule is CCC(C)CN1CCN(c2ccnc(C)n2)CC1. The molecular formula is C14H24N4. The van der Waals surface area contributed by atoms with Gasteiger partial charge in [0.25, 0.3) is 0 Å². The highest BCUT2D eigenvalue weighted by molar-refractivity contribution is 5.37. The Morgan fingerprint density at radius 1 is 1.28 bits per heavy atom. The van der Waals surface area contributed by atoms with Crippen molar-refractivity contribution in [1.82, 2.24) is 14.9 Å². The quantitative estimate of drug-likeness (QED) is 0.815. The highest BCUT2D eigenvalue weighted by atomic mass is 15.3. The topological polar surface area (TPSA) is 32.3 Å². The van der Waals surface area contributed by atoms with Gasteiger partial charge in [0.1, 0.15) is 11.6 Å². The minimum absolute atomic E-state index is 0.804. The molecule has 0 spiro atoms. The number of hydrogen-bond acceptors (Lipinski definition) is 4. The van der Waals surface area contributed by atoms with Gasteiger partial charge in [-0.1, -0.05) is 20.3 Å². The van der Waals surface area contributed by atoms with E-state index in [-0.39, 0.29) is 0 Å². The first-order valence-electron chi connectivity index (χ1n) is 6.96. The van der Waals surface area contributed by atoms with Crippen molar-refractivity contribution in [3.05, 3.63) is 18.1 Å². The largest absolute Gasteiger partial charge is 0.354 e. The van der Waals surface area contributed by atoms with E-state index in [0.717, 1.165) is 43.7 Å². The number of rotatable bonds is 4. The average molecular weight is 248 g/mol. The van der Waals surface area contributed by atoms with Gasteiger partial charge in [-0.3, -0.25) is 4.90 Å². The van der Waals surface area contributed by atoms with E-state index in [4.69, 9.17) is 0 Å². The molecule has 1 aromatic rings. The lowest BCUT2D eigenvalue weighted by molar-refractivity contribution is 0.222. The van der Waals surface area contributed by atoms with E-state index in [9.17, 15) is 0 Å². The summed E-state index contributed by atoms with van der Waals surface area (Å²) in [6, 6.07) is 2.01. The van der Waals surface area contributed by atoms with Crippen LogP contribution < -0.4 is 4.90 Å². The first-order valence-corrected chi connectivity index (χ1v) is 6.96. The molecule has 0 radical (unpaired) electrons. The summed E-state index contributed by atoms with van der Waals surface area (Å²) in [5.74, 6) is 2.73. The predicted molar refractivity (Wildman–Crippen MR) is 74.9 cm³/mol. The Balaban J connectivity index is 1.87. The molecule has 4 nitrogen and oxygen atoms in total. The van der Waals surface area contributed by atoms with Gasteiger partial charge in [-0.2, -0.15) is 0 Å². The van der Waals surface area contributed by atoms with Crippen LogP contribution in [0.15, 0.2) is 12.3 Å². The van der Waals surface area contributed by atoms with Crippen molar-refractivity contribution in [3.8, 4) is 0 Å². The lowest BCUT2D eigenvalue weighted by atomic mass is 10.1. The van der Waals surface area contributed by atoms with E-state index in [1.165, 1.54) is 13.0 Å². The minimum atomic E-state index is 0.804.